The largest absolute Gasteiger partial charge is 0.496 e. The summed E-state index contributed by atoms with van der Waals surface area (Å²) >= 11 is 0. The van der Waals surface area contributed by atoms with E-state index in [1.807, 2.05) is 0 Å². The first kappa shape index (κ1) is 15.0. The fraction of sp³-hybridized carbons (Fsp3) is 0.364. The van der Waals surface area contributed by atoms with E-state index in [4.69, 9.17) is 10.5 Å². The molecule has 0 saturated heterocycles. The third-order valence-corrected chi connectivity index (χ3v) is 2.71. The Labute approximate surface area is 116 Å². The quantitative estimate of drug-likeness (QED) is 0.673. The maximum Gasteiger partial charge on any atom is 0.326 e. The van der Waals surface area contributed by atoms with E-state index >= 15 is 0 Å². The Kier molecular flexibility index (Phi) is 3.96. The van der Waals surface area contributed by atoms with Crippen LogP contribution in [0.4, 0.5) is 23.2 Å². The van der Waals surface area contributed by atoms with Crippen LogP contribution in [0.1, 0.15) is 0 Å². The number of methoxy groups -OCH3 is 1. The van der Waals surface area contributed by atoms with Crippen molar-refractivity contribution in [2.75, 3.05) is 12.8 Å². The molecule has 0 bridgehead atoms. The fourth-order valence-corrected chi connectivity index (χ4v) is 1.72. The highest BCUT2D eigenvalue weighted by Gasteiger charge is 2.42. The lowest BCUT2D eigenvalue weighted by Gasteiger charge is -2.16. The maximum atomic E-state index is 13.2. The smallest absolute Gasteiger partial charge is 0.326 e. The molecule has 0 atom stereocenters. The minimum atomic E-state index is -4.26. The summed E-state index contributed by atoms with van der Waals surface area (Å²) in [5, 5.41) is 10.1. The molecule has 1 aromatic carbocycles. The molecule has 2 N–H and O–H groups in total. The number of halogens is 4. The average molecular weight is 305 g/mol. The van der Waals surface area contributed by atoms with Crippen LogP contribution >= 0.6 is 0 Å². The minimum absolute atomic E-state index is 0.162. The summed E-state index contributed by atoms with van der Waals surface area (Å²) in [6.07, 6.45) is -3.83. The van der Waals surface area contributed by atoms with Gasteiger partial charge in [0.1, 0.15) is 12.3 Å². The molecule has 0 aliphatic rings. The summed E-state index contributed by atoms with van der Waals surface area (Å²) in [6.45, 7) is -1.37. The van der Waals surface area contributed by atoms with Crippen LogP contribution in [0.5, 0.6) is 5.75 Å². The van der Waals surface area contributed by atoms with Crippen molar-refractivity contribution in [3.63, 3.8) is 0 Å². The van der Waals surface area contributed by atoms with Crippen LogP contribution in [0.25, 0.3) is 11.4 Å². The predicted molar refractivity (Wildman–Crippen MR) is 65.2 cm³/mol. The van der Waals surface area contributed by atoms with E-state index in [1.165, 1.54) is 19.2 Å². The first-order chi connectivity index (χ1) is 9.86. The molecule has 1 aromatic heterocycles. The second kappa shape index (κ2) is 5.54. The van der Waals surface area contributed by atoms with Gasteiger partial charge in [0.15, 0.2) is 5.82 Å². The molecule has 10 heteroatoms. The summed E-state index contributed by atoms with van der Waals surface area (Å²) in [5.41, 5.74) is 6.09. The number of benzene rings is 1. The second-order valence-corrected chi connectivity index (χ2v) is 4.15. The fourth-order valence-electron chi connectivity index (χ4n) is 1.72. The van der Waals surface area contributed by atoms with Gasteiger partial charge in [0.2, 0.25) is 0 Å². The Morgan fingerprint density at radius 2 is 2.10 bits per heavy atom. The summed E-state index contributed by atoms with van der Waals surface area (Å²) in [4.78, 5) is 0. The average Bonchev–Trinajstić information content (AvgIpc) is 2.85. The molecular weight excluding hydrogens is 294 g/mol. The van der Waals surface area contributed by atoms with Crippen molar-refractivity contribution < 1.29 is 22.3 Å². The van der Waals surface area contributed by atoms with Gasteiger partial charge in [-0.15, -0.1) is 5.10 Å². The van der Waals surface area contributed by atoms with Crippen molar-refractivity contribution >= 4 is 5.69 Å². The highest BCUT2D eigenvalue weighted by atomic mass is 19.3. The molecule has 0 radical (unpaired) electrons. The Bertz CT molecular complexity index is 631. The summed E-state index contributed by atoms with van der Waals surface area (Å²) in [7, 11) is 1.35. The molecule has 114 valence electrons. The second-order valence-electron chi connectivity index (χ2n) is 4.15. The van der Waals surface area contributed by atoms with Gasteiger partial charge in [-0.2, -0.15) is 8.78 Å². The highest BCUT2D eigenvalue weighted by molar-refractivity contribution is 5.77. The van der Waals surface area contributed by atoms with Crippen LogP contribution in [0.2, 0.25) is 0 Å². The van der Waals surface area contributed by atoms with Gasteiger partial charge in [-0.3, -0.25) is 0 Å². The Morgan fingerprint density at radius 3 is 2.71 bits per heavy atom. The number of nitrogens with zero attached hydrogens (tertiary/aromatic N) is 4. The van der Waals surface area contributed by atoms with Crippen LogP contribution in [0.15, 0.2) is 18.2 Å². The molecule has 1 heterocycles. The SMILES string of the molecule is COc1cccc(N)c1-c1nnnn1CC(F)(F)C(F)F. The third-order valence-electron chi connectivity index (χ3n) is 2.71. The van der Waals surface area contributed by atoms with E-state index in [-0.39, 0.29) is 22.8 Å². The minimum Gasteiger partial charge on any atom is -0.496 e. The lowest BCUT2D eigenvalue weighted by molar-refractivity contribution is -0.139. The van der Waals surface area contributed by atoms with Crippen molar-refractivity contribution in [2.45, 2.75) is 18.9 Å². The first-order valence-electron chi connectivity index (χ1n) is 5.72. The van der Waals surface area contributed by atoms with Crippen molar-refractivity contribution in [3.8, 4) is 17.1 Å². The summed E-state index contributed by atoms with van der Waals surface area (Å²) < 4.78 is 56.5. The lowest BCUT2D eigenvalue weighted by Crippen LogP contribution is -2.33. The molecule has 2 aromatic rings. The number of hydrogen-bond donors (Lipinski definition) is 1. The van der Waals surface area contributed by atoms with Gasteiger partial charge in [0.25, 0.3) is 0 Å². The molecular formula is C11H11F4N5O. The molecule has 0 fully saturated rings. The van der Waals surface area contributed by atoms with E-state index in [0.29, 0.717) is 4.68 Å². The number of alkyl halides is 4. The lowest BCUT2D eigenvalue weighted by atomic mass is 10.1. The molecule has 0 saturated carbocycles. The standard InChI is InChI=1S/C11H11F4N5O/c1-21-7-4-2-3-6(16)8(7)9-17-18-19-20(9)5-11(14,15)10(12)13/h2-4,10H,5,16H2,1H3. The molecule has 21 heavy (non-hydrogen) atoms. The van der Waals surface area contributed by atoms with Crippen molar-refractivity contribution in [2.24, 2.45) is 0 Å². The van der Waals surface area contributed by atoms with Crippen molar-refractivity contribution in [1.29, 1.82) is 0 Å². The topological polar surface area (TPSA) is 78.8 Å². The summed E-state index contributed by atoms with van der Waals surface area (Å²) in [5.74, 6) is -4.20. The van der Waals surface area contributed by atoms with Gasteiger partial charge in [-0.05, 0) is 22.6 Å². The predicted octanol–water partition coefficient (Wildman–Crippen LogP) is 1.83. The van der Waals surface area contributed by atoms with Crippen molar-refractivity contribution in [1.82, 2.24) is 20.2 Å². The molecule has 0 amide bonds. The molecule has 0 unspecified atom stereocenters. The van der Waals surface area contributed by atoms with Gasteiger partial charge in [0.05, 0.1) is 12.7 Å². The normalized spacial score (nSPS) is 11.9. The molecule has 0 aliphatic carbocycles. The number of anilines is 1. The molecule has 6 nitrogen and oxygen atoms in total. The number of nitrogen functional groups attached to an aromatic ring is 1. The molecule has 2 rings (SSSR count). The summed E-state index contributed by atoms with van der Waals surface area (Å²) in [6, 6.07) is 4.59. The Morgan fingerprint density at radius 1 is 1.38 bits per heavy atom. The number of tetrazole rings is 1. The van der Waals surface area contributed by atoms with E-state index < -0.39 is 18.9 Å². The van der Waals surface area contributed by atoms with Crippen molar-refractivity contribution in [3.05, 3.63) is 18.2 Å². The van der Waals surface area contributed by atoms with E-state index in [0.717, 1.165) is 0 Å². The number of rotatable bonds is 5. The molecule has 0 aliphatic heterocycles. The Hall–Kier alpha value is -2.39. The Balaban J connectivity index is 2.47. The highest BCUT2D eigenvalue weighted by Crippen LogP contribution is 2.34. The van der Waals surface area contributed by atoms with Gasteiger partial charge >= 0.3 is 12.3 Å². The van der Waals surface area contributed by atoms with E-state index in [9.17, 15) is 17.6 Å². The maximum absolute atomic E-state index is 13.2. The zero-order chi connectivity index (χ0) is 15.6. The van der Waals surface area contributed by atoms with Crippen LogP contribution in [-0.2, 0) is 6.54 Å². The van der Waals surface area contributed by atoms with Crippen LogP contribution in [0.3, 0.4) is 0 Å². The molecule has 0 spiro atoms. The monoisotopic (exact) mass is 305 g/mol. The number of aromatic nitrogens is 4. The van der Waals surface area contributed by atoms with Crippen LogP contribution in [0, 0.1) is 0 Å². The zero-order valence-electron chi connectivity index (χ0n) is 10.8. The van der Waals surface area contributed by atoms with E-state index in [2.05, 4.69) is 15.5 Å². The first-order valence-corrected chi connectivity index (χ1v) is 5.72. The van der Waals surface area contributed by atoms with Gasteiger partial charge in [0, 0.05) is 5.69 Å². The van der Waals surface area contributed by atoms with Crippen LogP contribution < -0.4 is 10.5 Å². The third kappa shape index (κ3) is 2.88. The van der Waals surface area contributed by atoms with E-state index in [1.54, 1.807) is 6.07 Å². The van der Waals surface area contributed by atoms with Gasteiger partial charge in [-0.1, -0.05) is 6.07 Å². The number of hydrogen-bond acceptors (Lipinski definition) is 5. The van der Waals surface area contributed by atoms with Gasteiger partial charge in [-0.25, -0.2) is 13.5 Å². The number of nitrogens with two attached hydrogens (primary N) is 1. The number of ether oxygens (including phenoxy) is 1. The van der Waals surface area contributed by atoms with Crippen LogP contribution in [-0.4, -0.2) is 39.7 Å². The van der Waals surface area contributed by atoms with Gasteiger partial charge < -0.3 is 10.5 Å². The zero-order valence-corrected chi connectivity index (χ0v) is 10.8.